The molecule has 0 aromatic heterocycles. The molecule has 6 aromatic rings. The van der Waals surface area contributed by atoms with E-state index in [2.05, 4.69) is 84.9 Å². The monoisotopic (exact) mass is 888 g/mol. The SMILES string of the molecule is CCOC(=O)/C(=C/C1=CC=CC2=C(/C=C(\N=P(c3ccccc3)(c3ccccc3)c3ccccc3)C(=O)OCC)C=CC=C1C2)N=P(c1ccccc1)(c1ccccc1)c1ccccc1. The molecule has 322 valence electrons. The van der Waals surface area contributed by atoms with Gasteiger partial charge >= 0.3 is 11.9 Å². The fraction of sp³-hybridized carbons (Fsp3) is 0.0877. The van der Waals surface area contributed by atoms with Crippen molar-refractivity contribution in [3.8, 4) is 0 Å². The first kappa shape index (κ1) is 44.5. The number of rotatable bonds is 14. The molecular weight excluding hydrogens is 839 g/mol. The molecule has 6 aromatic carbocycles. The molecule has 8 heteroatoms. The summed E-state index contributed by atoms with van der Waals surface area (Å²) < 4.78 is 22.7. The van der Waals surface area contributed by atoms with Crippen LogP contribution in [-0.4, -0.2) is 25.2 Å². The van der Waals surface area contributed by atoms with Crippen LogP contribution in [0.1, 0.15) is 20.3 Å². The van der Waals surface area contributed by atoms with Crippen molar-refractivity contribution in [2.45, 2.75) is 20.3 Å². The second-order valence-electron chi connectivity index (χ2n) is 15.2. The molecule has 2 bridgehead atoms. The molecule has 8 rings (SSSR count). The van der Waals surface area contributed by atoms with Gasteiger partial charge in [-0.1, -0.05) is 218 Å². The van der Waals surface area contributed by atoms with E-state index in [4.69, 9.17) is 19.0 Å². The van der Waals surface area contributed by atoms with Crippen LogP contribution in [0.2, 0.25) is 0 Å². The molecule has 2 aliphatic rings. The lowest BCUT2D eigenvalue weighted by molar-refractivity contribution is -0.139. The second kappa shape index (κ2) is 21.1. The summed E-state index contributed by atoms with van der Waals surface area (Å²) in [4.78, 5) is 28.4. The molecule has 0 heterocycles. The van der Waals surface area contributed by atoms with E-state index in [1.54, 1.807) is 0 Å². The van der Waals surface area contributed by atoms with E-state index in [1.165, 1.54) is 0 Å². The number of fused-ring (bicyclic) bond motifs is 2. The Morgan fingerprint density at radius 3 is 1.17 bits per heavy atom. The summed E-state index contributed by atoms with van der Waals surface area (Å²) in [5, 5.41) is 6.09. The van der Waals surface area contributed by atoms with E-state index in [-0.39, 0.29) is 24.6 Å². The van der Waals surface area contributed by atoms with E-state index in [0.717, 1.165) is 54.1 Å². The van der Waals surface area contributed by atoms with Gasteiger partial charge in [0.15, 0.2) is 0 Å². The van der Waals surface area contributed by atoms with Crippen LogP contribution in [0.5, 0.6) is 0 Å². The minimum absolute atomic E-state index is 0.197. The van der Waals surface area contributed by atoms with Gasteiger partial charge in [0, 0.05) is 31.8 Å². The van der Waals surface area contributed by atoms with Crippen molar-refractivity contribution in [3.63, 3.8) is 0 Å². The normalized spacial score (nSPS) is 14.1. The largest absolute Gasteiger partial charge is 0.461 e. The van der Waals surface area contributed by atoms with Gasteiger partial charge in [0.05, 0.1) is 27.3 Å². The standard InChI is InChI=1S/C57H50N2O4P2/c1-3-62-56(60)54(58-64(48-29-11-5-12-30-48,49-31-13-6-14-32-49)50-33-15-7-16-34-50)42-46-27-23-26-45-41-44(46)25-24-28-47(45)43-55(57(61)63-4-2)59-65(51-35-17-8-18-36-51,52-37-19-9-20-38-52)53-39-21-10-22-40-53/h5-40,42-43H,3-4,41H2,1-2H3/b54-42-,55-43-. The van der Waals surface area contributed by atoms with E-state index < -0.39 is 26.0 Å². The molecule has 0 atom stereocenters. The Kier molecular flexibility index (Phi) is 14.4. The van der Waals surface area contributed by atoms with Crippen molar-refractivity contribution >= 4 is 57.9 Å². The van der Waals surface area contributed by atoms with Gasteiger partial charge in [0.2, 0.25) is 0 Å². The Hall–Kier alpha value is -7.10. The van der Waals surface area contributed by atoms with Gasteiger partial charge in [-0.05, 0) is 54.7 Å². The first-order valence-corrected chi connectivity index (χ1v) is 25.3. The molecule has 0 radical (unpaired) electrons. The maximum atomic E-state index is 14.2. The number of ether oxygens (including phenoxy) is 2. The van der Waals surface area contributed by atoms with Crippen molar-refractivity contribution in [1.29, 1.82) is 0 Å². The van der Waals surface area contributed by atoms with Crippen molar-refractivity contribution in [2.75, 3.05) is 13.2 Å². The zero-order chi connectivity index (χ0) is 44.9. The highest BCUT2D eigenvalue weighted by Crippen LogP contribution is 2.49. The summed E-state index contributed by atoms with van der Waals surface area (Å²) in [6.07, 6.45) is 16.4. The highest BCUT2D eigenvalue weighted by molar-refractivity contribution is 7.88. The van der Waals surface area contributed by atoms with Crippen LogP contribution < -0.4 is 31.8 Å². The number of benzene rings is 6. The van der Waals surface area contributed by atoms with Gasteiger partial charge in [-0.3, -0.25) is 0 Å². The minimum atomic E-state index is -2.82. The zero-order valence-electron chi connectivity index (χ0n) is 36.5. The minimum Gasteiger partial charge on any atom is -0.461 e. The predicted octanol–water partition coefficient (Wildman–Crippen LogP) is 10.9. The van der Waals surface area contributed by atoms with Crippen molar-refractivity contribution in [2.24, 2.45) is 9.49 Å². The van der Waals surface area contributed by atoms with Crippen LogP contribution >= 0.6 is 14.1 Å². The Morgan fingerprint density at radius 2 is 0.815 bits per heavy atom. The topological polar surface area (TPSA) is 77.3 Å². The number of carbonyl (C=O) groups is 2. The van der Waals surface area contributed by atoms with Crippen LogP contribution in [-0.2, 0) is 19.1 Å². The number of allylic oxidation sites excluding steroid dienone is 12. The Bertz CT molecular complexity index is 2780. The third-order valence-electron chi connectivity index (χ3n) is 11.1. The van der Waals surface area contributed by atoms with E-state index in [1.807, 2.05) is 159 Å². The van der Waals surface area contributed by atoms with Gasteiger partial charge in [0.1, 0.15) is 11.4 Å². The van der Waals surface area contributed by atoms with Crippen molar-refractivity contribution < 1.29 is 19.1 Å². The maximum absolute atomic E-state index is 14.2. The number of esters is 2. The summed E-state index contributed by atoms with van der Waals surface area (Å²) in [6, 6.07) is 61.4. The van der Waals surface area contributed by atoms with Gasteiger partial charge in [-0.25, -0.2) is 19.1 Å². The fourth-order valence-electron chi connectivity index (χ4n) is 8.14. The molecule has 0 spiro atoms. The number of hydrogen-bond donors (Lipinski definition) is 0. The predicted molar refractivity (Wildman–Crippen MR) is 271 cm³/mol. The van der Waals surface area contributed by atoms with Gasteiger partial charge < -0.3 is 9.47 Å². The zero-order valence-corrected chi connectivity index (χ0v) is 38.3. The van der Waals surface area contributed by atoms with E-state index in [0.29, 0.717) is 6.42 Å². The van der Waals surface area contributed by atoms with Crippen LogP contribution in [0, 0.1) is 0 Å². The summed E-state index contributed by atoms with van der Waals surface area (Å²) in [5.41, 5.74) is 4.04. The molecule has 0 amide bonds. The van der Waals surface area contributed by atoms with Gasteiger partial charge in [-0.2, -0.15) is 0 Å². The first-order chi connectivity index (χ1) is 32.0. The van der Waals surface area contributed by atoms with Gasteiger partial charge in [0.25, 0.3) is 0 Å². The number of hydrogen-bond acceptors (Lipinski definition) is 6. The number of carbonyl (C=O) groups excluding carboxylic acids is 2. The third-order valence-corrected chi connectivity index (χ3v) is 18.4. The molecule has 65 heavy (non-hydrogen) atoms. The average Bonchev–Trinajstić information content (AvgIpc) is 3.70. The maximum Gasteiger partial charge on any atom is 0.356 e. The second-order valence-corrected chi connectivity index (χ2v) is 21.2. The molecule has 0 fully saturated rings. The van der Waals surface area contributed by atoms with Crippen LogP contribution in [0.15, 0.2) is 274 Å². The summed E-state index contributed by atoms with van der Waals surface area (Å²) in [6.45, 7) is 4.01. The average molecular weight is 889 g/mol. The summed E-state index contributed by atoms with van der Waals surface area (Å²) >= 11 is 0. The van der Waals surface area contributed by atoms with Gasteiger partial charge in [-0.15, -0.1) is 0 Å². The molecule has 0 aliphatic heterocycles. The highest BCUT2D eigenvalue weighted by Gasteiger charge is 2.31. The molecular formula is C57H50N2O4P2. The molecule has 0 N–H and O–H groups in total. The molecule has 0 saturated carbocycles. The first-order valence-electron chi connectivity index (χ1n) is 21.8. The number of nitrogens with zero attached hydrogens (tertiary/aromatic N) is 2. The molecule has 0 saturated heterocycles. The third kappa shape index (κ3) is 9.71. The molecule has 2 aliphatic carbocycles. The van der Waals surface area contributed by atoms with Crippen LogP contribution in [0.25, 0.3) is 0 Å². The lowest BCUT2D eigenvalue weighted by Crippen LogP contribution is -2.26. The van der Waals surface area contributed by atoms with Crippen molar-refractivity contribution in [3.05, 3.63) is 264 Å². The van der Waals surface area contributed by atoms with Crippen molar-refractivity contribution in [1.82, 2.24) is 0 Å². The Morgan fingerprint density at radius 1 is 0.477 bits per heavy atom. The lowest BCUT2D eigenvalue weighted by Gasteiger charge is -2.27. The molecule has 0 unspecified atom stereocenters. The van der Waals surface area contributed by atoms with E-state index >= 15 is 0 Å². The Balaban J connectivity index is 1.29. The molecule has 6 nitrogen and oxygen atoms in total. The van der Waals surface area contributed by atoms with E-state index in [9.17, 15) is 9.59 Å². The lowest BCUT2D eigenvalue weighted by atomic mass is 9.97. The van der Waals surface area contributed by atoms with Crippen LogP contribution in [0.3, 0.4) is 0 Å². The Labute approximate surface area is 382 Å². The summed E-state index contributed by atoms with van der Waals surface area (Å²) in [7, 11) is -5.64. The summed E-state index contributed by atoms with van der Waals surface area (Å²) in [5.74, 6) is -0.999. The smallest absolute Gasteiger partial charge is 0.356 e. The highest BCUT2D eigenvalue weighted by atomic mass is 31.2. The van der Waals surface area contributed by atoms with Crippen LogP contribution in [0.4, 0.5) is 0 Å². The fourth-order valence-corrected chi connectivity index (χ4v) is 15.2. The quantitative estimate of drug-likeness (QED) is 0.0620.